The fraction of sp³-hybridized carbons (Fsp3) is 0.286. The topological polar surface area (TPSA) is 72.9 Å². The highest BCUT2D eigenvalue weighted by Crippen LogP contribution is 2.26. The molecular weight excluding hydrogens is 240 g/mol. The third kappa shape index (κ3) is 1.92. The molecule has 1 aromatic heterocycles. The van der Waals surface area contributed by atoms with E-state index in [0.717, 1.165) is 18.8 Å². The van der Waals surface area contributed by atoms with Crippen molar-refractivity contribution in [3.05, 3.63) is 47.8 Å². The lowest BCUT2D eigenvalue weighted by atomic mass is 9.89. The highest BCUT2D eigenvalue weighted by atomic mass is 16.1. The zero-order valence-electron chi connectivity index (χ0n) is 10.8. The van der Waals surface area contributed by atoms with Crippen LogP contribution < -0.4 is 11.1 Å². The summed E-state index contributed by atoms with van der Waals surface area (Å²) in [5.41, 5.74) is 8.02. The largest absolute Gasteiger partial charge is 0.369 e. The lowest BCUT2D eigenvalue weighted by Gasteiger charge is -2.15. The molecule has 0 aromatic carbocycles. The van der Waals surface area contributed by atoms with Crippen molar-refractivity contribution in [1.82, 2.24) is 15.1 Å². The van der Waals surface area contributed by atoms with E-state index in [4.69, 9.17) is 5.73 Å². The van der Waals surface area contributed by atoms with Crippen LogP contribution in [0.5, 0.6) is 0 Å². The van der Waals surface area contributed by atoms with E-state index in [0.29, 0.717) is 0 Å². The number of hydrogen-bond acceptors (Lipinski definition) is 3. The quantitative estimate of drug-likeness (QED) is 0.827. The summed E-state index contributed by atoms with van der Waals surface area (Å²) in [4.78, 5) is 11.5. The van der Waals surface area contributed by atoms with Crippen LogP contribution in [0.3, 0.4) is 0 Å². The van der Waals surface area contributed by atoms with Crippen LogP contribution in [0.15, 0.2) is 36.6 Å². The molecule has 3 rings (SSSR count). The van der Waals surface area contributed by atoms with E-state index in [9.17, 15) is 4.79 Å². The maximum absolute atomic E-state index is 11.5. The van der Waals surface area contributed by atoms with Gasteiger partial charge in [0.25, 0.3) is 0 Å². The van der Waals surface area contributed by atoms with Gasteiger partial charge in [0.05, 0.1) is 23.0 Å². The van der Waals surface area contributed by atoms with E-state index >= 15 is 0 Å². The van der Waals surface area contributed by atoms with Gasteiger partial charge < -0.3 is 11.1 Å². The number of primary amides is 1. The summed E-state index contributed by atoms with van der Waals surface area (Å²) in [5, 5.41) is 7.70. The van der Waals surface area contributed by atoms with E-state index in [-0.39, 0.29) is 5.91 Å². The van der Waals surface area contributed by atoms with Gasteiger partial charge in [-0.05, 0) is 19.1 Å². The lowest BCUT2D eigenvalue weighted by Crippen LogP contribution is -2.30. The molecule has 5 nitrogen and oxygen atoms in total. The number of carbonyl (C=O) groups is 1. The van der Waals surface area contributed by atoms with Crippen LogP contribution >= 0.6 is 0 Å². The summed E-state index contributed by atoms with van der Waals surface area (Å²) < 4.78 is 1.91. The fourth-order valence-electron chi connectivity index (χ4n) is 2.30. The van der Waals surface area contributed by atoms with Crippen LogP contribution in [0, 0.1) is 5.41 Å². The summed E-state index contributed by atoms with van der Waals surface area (Å²) in [7, 11) is 0. The molecule has 5 heteroatoms. The molecule has 1 aliphatic heterocycles. The van der Waals surface area contributed by atoms with Gasteiger partial charge in [-0.15, -0.1) is 0 Å². The minimum Gasteiger partial charge on any atom is -0.369 e. The van der Waals surface area contributed by atoms with Gasteiger partial charge in [-0.3, -0.25) is 4.79 Å². The molecule has 1 aliphatic carbocycles. The van der Waals surface area contributed by atoms with Crippen LogP contribution in [0.2, 0.25) is 0 Å². The Kier molecular flexibility index (Phi) is 2.64. The maximum atomic E-state index is 11.5. The number of hydrogen-bond donors (Lipinski definition) is 2. The second kappa shape index (κ2) is 4.20. The van der Waals surface area contributed by atoms with Crippen LogP contribution in [-0.2, 0) is 17.9 Å². The Balaban J connectivity index is 1.97. The third-order valence-electron chi connectivity index (χ3n) is 3.65. The molecule has 1 aromatic rings. The Morgan fingerprint density at radius 2 is 2.32 bits per heavy atom. The molecule has 2 heterocycles. The number of nitrogens with two attached hydrogens (primary N) is 1. The average molecular weight is 256 g/mol. The second-order valence-corrected chi connectivity index (χ2v) is 5.06. The number of amides is 1. The zero-order chi connectivity index (χ0) is 13.5. The van der Waals surface area contributed by atoms with E-state index in [1.807, 2.05) is 35.2 Å². The van der Waals surface area contributed by atoms with Gasteiger partial charge in [0, 0.05) is 18.7 Å². The van der Waals surface area contributed by atoms with Crippen molar-refractivity contribution in [3.8, 4) is 0 Å². The summed E-state index contributed by atoms with van der Waals surface area (Å²) in [6.45, 7) is 3.48. The van der Waals surface area contributed by atoms with Crippen molar-refractivity contribution in [2.24, 2.45) is 11.1 Å². The number of rotatable bonds is 2. The van der Waals surface area contributed by atoms with Gasteiger partial charge in [0.2, 0.25) is 5.91 Å². The lowest BCUT2D eigenvalue weighted by molar-refractivity contribution is -0.122. The first-order chi connectivity index (χ1) is 9.10. The van der Waals surface area contributed by atoms with Crippen LogP contribution in [0.25, 0.3) is 5.70 Å². The van der Waals surface area contributed by atoms with Gasteiger partial charge >= 0.3 is 0 Å². The molecule has 2 aliphatic rings. The SMILES string of the molecule is CC1(C(N)=O)C=CC=C(n2ncc3c2CNC3)C=C1. The highest BCUT2D eigenvalue weighted by molar-refractivity contribution is 5.86. The molecule has 0 radical (unpaired) electrons. The smallest absolute Gasteiger partial charge is 0.231 e. The van der Waals surface area contributed by atoms with E-state index < -0.39 is 5.41 Å². The molecule has 98 valence electrons. The van der Waals surface area contributed by atoms with Gasteiger partial charge in [-0.25, -0.2) is 4.68 Å². The predicted octanol–water partition coefficient (Wildman–Crippen LogP) is 0.945. The predicted molar refractivity (Wildman–Crippen MR) is 72.6 cm³/mol. The Bertz CT molecular complexity index is 623. The minimum atomic E-state index is -0.743. The Morgan fingerprint density at radius 1 is 1.47 bits per heavy atom. The van der Waals surface area contributed by atoms with Crippen molar-refractivity contribution in [2.75, 3.05) is 0 Å². The standard InChI is InChI=1S/C14H16N4O/c1-14(13(15)19)5-2-3-11(4-6-14)18-12-9-16-7-10(12)8-17-18/h2-6,8,16H,7,9H2,1H3,(H2,15,19). The first-order valence-electron chi connectivity index (χ1n) is 6.26. The molecule has 0 bridgehead atoms. The molecule has 1 unspecified atom stereocenters. The van der Waals surface area contributed by atoms with Gasteiger partial charge in [0.15, 0.2) is 0 Å². The van der Waals surface area contributed by atoms with Crippen molar-refractivity contribution in [3.63, 3.8) is 0 Å². The number of nitrogens with one attached hydrogen (secondary N) is 1. The summed E-state index contributed by atoms with van der Waals surface area (Å²) in [6, 6.07) is 0. The molecule has 1 amide bonds. The first-order valence-corrected chi connectivity index (χ1v) is 6.26. The maximum Gasteiger partial charge on any atom is 0.231 e. The third-order valence-corrected chi connectivity index (χ3v) is 3.65. The van der Waals surface area contributed by atoms with Crippen LogP contribution in [0.4, 0.5) is 0 Å². The molecule has 0 fully saturated rings. The number of allylic oxidation sites excluding steroid dienone is 4. The molecule has 1 atom stereocenters. The Morgan fingerprint density at radius 3 is 3.11 bits per heavy atom. The molecule has 0 spiro atoms. The molecular formula is C14H16N4O. The van der Waals surface area contributed by atoms with Crippen LogP contribution in [0.1, 0.15) is 18.2 Å². The number of fused-ring (bicyclic) bond motifs is 1. The van der Waals surface area contributed by atoms with Crippen molar-refractivity contribution >= 4 is 11.6 Å². The molecule has 19 heavy (non-hydrogen) atoms. The van der Waals surface area contributed by atoms with Crippen molar-refractivity contribution in [1.29, 1.82) is 0 Å². The fourth-order valence-corrected chi connectivity index (χ4v) is 2.30. The highest BCUT2D eigenvalue weighted by Gasteiger charge is 2.26. The van der Waals surface area contributed by atoms with Crippen molar-refractivity contribution in [2.45, 2.75) is 20.0 Å². The van der Waals surface area contributed by atoms with E-state index in [1.165, 1.54) is 11.3 Å². The number of carbonyl (C=O) groups excluding carboxylic acids is 1. The monoisotopic (exact) mass is 256 g/mol. The molecule has 3 N–H and O–H groups in total. The van der Waals surface area contributed by atoms with E-state index in [1.54, 1.807) is 13.0 Å². The zero-order valence-corrected chi connectivity index (χ0v) is 10.8. The summed E-state index contributed by atoms with van der Waals surface area (Å²) in [5.74, 6) is -0.359. The summed E-state index contributed by atoms with van der Waals surface area (Å²) in [6.07, 6.45) is 11.2. The van der Waals surface area contributed by atoms with Gasteiger partial charge in [-0.2, -0.15) is 5.10 Å². The van der Waals surface area contributed by atoms with Gasteiger partial charge in [0.1, 0.15) is 0 Å². The first kappa shape index (κ1) is 11.9. The summed E-state index contributed by atoms with van der Waals surface area (Å²) >= 11 is 0. The van der Waals surface area contributed by atoms with E-state index in [2.05, 4.69) is 10.4 Å². The van der Waals surface area contributed by atoms with Crippen molar-refractivity contribution < 1.29 is 4.79 Å². The Hall–Kier alpha value is -2.14. The minimum absolute atomic E-state index is 0.359. The van der Waals surface area contributed by atoms with Crippen LogP contribution in [-0.4, -0.2) is 15.7 Å². The average Bonchev–Trinajstić information content (AvgIpc) is 2.91. The number of aromatic nitrogens is 2. The number of nitrogens with zero attached hydrogens (tertiary/aromatic N) is 2. The molecule has 0 saturated carbocycles. The second-order valence-electron chi connectivity index (χ2n) is 5.06. The molecule has 0 saturated heterocycles. The normalized spacial score (nSPS) is 25.0. The van der Waals surface area contributed by atoms with Gasteiger partial charge in [-0.1, -0.05) is 18.2 Å². The Labute approximate surface area is 111 Å².